The van der Waals surface area contributed by atoms with E-state index >= 15 is 0 Å². The fourth-order valence-corrected chi connectivity index (χ4v) is 3.88. The summed E-state index contributed by atoms with van der Waals surface area (Å²) in [5.41, 5.74) is 2.92. The van der Waals surface area contributed by atoms with Gasteiger partial charge in [0.25, 0.3) is 0 Å². The summed E-state index contributed by atoms with van der Waals surface area (Å²) in [6, 6.07) is 8.98. The summed E-state index contributed by atoms with van der Waals surface area (Å²) < 4.78 is 5.46. The highest BCUT2D eigenvalue weighted by Gasteiger charge is 2.52. The molecule has 2 aliphatic carbocycles. The summed E-state index contributed by atoms with van der Waals surface area (Å²) in [7, 11) is 1.74. The van der Waals surface area contributed by atoms with Gasteiger partial charge in [0, 0.05) is 20.2 Å². The second-order valence-electron chi connectivity index (χ2n) is 7.63. The smallest absolute Gasteiger partial charge is 0.191 e. The second-order valence-corrected chi connectivity index (χ2v) is 7.63. The first kappa shape index (κ1) is 17.3. The number of hydrogen-bond donors (Lipinski definition) is 2. The maximum atomic E-state index is 5.46. The van der Waals surface area contributed by atoms with E-state index in [2.05, 4.69) is 60.7 Å². The Morgan fingerprint density at radius 2 is 2.08 bits per heavy atom. The normalized spacial score (nSPS) is 25.7. The van der Waals surface area contributed by atoms with Gasteiger partial charge in [0.05, 0.1) is 12.1 Å². The van der Waals surface area contributed by atoms with Gasteiger partial charge < -0.3 is 15.4 Å². The van der Waals surface area contributed by atoms with Crippen LogP contribution in [-0.4, -0.2) is 38.3 Å². The minimum Gasteiger partial charge on any atom is -0.377 e. The minimum atomic E-state index is -0.227. The Bertz CT molecular complexity index is 596. The average molecular weight is 329 g/mol. The number of nitrogens with zero attached hydrogens (tertiary/aromatic N) is 1. The number of aliphatic imine (C=N–C) groups is 1. The molecule has 0 aliphatic heterocycles. The van der Waals surface area contributed by atoms with Crippen LogP contribution in [0.25, 0.3) is 0 Å². The van der Waals surface area contributed by atoms with Gasteiger partial charge in [-0.1, -0.05) is 24.3 Å². The number of methoxy groups -OCH3 is 1. The van der Waals surface area contributed by atoms with Crippen LogP contribution in [0, 0.1) is 11.8 Å². The largest absolute Gasteiger partial charge is 0.377 e. The molecular formula is C20H31N3O. The third kappa shape index (κ3) is 3.75. The number of nitrogens with one attached hydrogen (secondary N) is 2. The number of guanidine groups is 1. The van der Waals surface area contributed by atoms with Gasteiger partial charge in [-0.25, -0.2) is 0 Å². The van der Waals surface area contributed by atoms with E-state index in [1.807, 2.05) is 0 Å². The quantitative estimate of drug-likeness (QED) is 0.623. The molecular weight excluding hydrogens is 298 g/mol. The molecule has 132 valence electrons. The SMILES string of the molecule is CCNC(=NCC(C)(C)OC)NCC1C2CCc3ccccc3C21. The van der Waals surface area contributed by atoms with Crippen LogP contribution in [0.3, 0.4) is 0 Å². The number of aryl methyl sites for hydroxylation is 1. The zero-order valence-electron chi connectivity index (χ0n) is 15.4. The van der Waals surface area contributed by atoms with Crippen molar-refractivity contribution in [3.8, 4) is 0 Å². The van der Waals surface area contributed by atoms with Crippen molar-refractivity contribution in [1.29, 1.82) is 0 Å². The van der Waals surface area contributed by atoms with Crippen molar-refractivity contribution in [1.82, 2.24) is 10.6 Å². The third-order valence-electron chi connectivity index (χ3n) is 5.51. The first-order valence-corrected chi connectivity index (χ1v) is 9.21. The van der Waals surface area contributed by atoms with Gasteiger partial charge in [-0.05, 0) is 62.5 Å². The van der Waals surface area contributed by atoms with Crippen molar-refractivity contribution in [2.45, 2.75) is 45.1 Å². The molecule has 0 saturated heterocycles. The Balaban J connectivity index is 1.58. The van der Waals surface area contributed by atoms with Crippen LogP contribution >= 0.6 is 0 Å². The number of rotatable bonds is 6. The van der Waals surface area contributed by atoms with E-state index in [-0.39, 0.29) is 5.60 Å². The lowest BCUT2D eigenvalue weighted by Crippen LogP contribution is -2.40. The van der Waals surface area contributed by atoms with Crippen molar-refractivity contribution in [3.05, 3.63) is 35.4 Å². The molecule has 0 amide bonds. The van der Waals surface area contributed by atoms with Crippen molar-refractivity contribution < 1.29 is 4.74 Å². The Kier molecular flexibility index (Phi) is 5.14. The van der Waals surface area contributed by atoms with Crippen molar-refractivity contribution in [3.63, 3.8) is 0 Å². The van der Waals surface area contributed by atoms with E-state index in [0.29, 0.717) is 6.54 Å². The molecule has 3 rings (SSSR count). The fraction of sp³-hybridized carbons (Fsp3) is 0.650. The maximum Gasteiger partial charge on any atom is 0.191 e. The summed E-state index contributed by atoms with van der Waals surface area (Å²) in [6.45, 7) is 8.76. The van der Waals surface area contributed by atoms with Gasteiger partial charge in [0.2, 0.25) is 0 Å². The van der Waals surface area contributed by atoms with Crippen LogP contribution in [0.2, 0.25) is 0 Å². The number of ether oxygens (including phenoxy) is 1. The first-order valence-electron chi connectivity index (χ1n) is 9.21. The van der Waals surface area contributed by atoms with Crippen LogP contribution in [0.1, 0.15) is 44.2 Å². The molecule has 4 nitrogen and oxygen atoms in total. The van der Waals surface area contributed by atoms with E-state index < -0.39 is 0 Å². The highest BCUT2D eigenvalue weighted by atomic mass is 16.5. The molecule has 4 heteroatoms. The van der Waals surface area contributed by atoms with E-state index in [4.69, 9.17) is 4.74 Å². The van der Waals surface area contributed by atoms with Crippen molar-refractivity contribution >= 4 is 5.96 Å². The summed E-state index contributed by atoms with van der Waals surface area (Å²) in [5.74, 6) is 3.25. The van der Waals surface area contributed by atoms with Gasteiger partial charge in [-0.15, -0.1) is 0 Å². The second kappa shape index (κ2) is 7.14. The summed E-state index contributed by atoms with van der Waals surface area (Å²) in [4.78, 5) is 4.69. The standard InChI is InChI=1S/C20H31N3O/c1-5-21-19(23-13-20(2,3)24-4)22-12-17-16-11-10-14-8-6-7-9-15(14)18(16)17/h6-9,16-18H,5,10-13H2,1-4H3,(H2,21,22,23). The van der Waals surface area contributed by atoms with Crippen LogP contribution in [0.5, 0.6) is 0 Å². The maximum absolute atomic E-state index is 5.46. The van der Waals surface area contributed by atoms with Gasteiger partial charge >= 0.3 is 0 Å². The fourth-order valence-electron chi connectivity index (χ4n) is 3.88. The van der Waals surface area contributed by atoms with Crippen LogP contribution < -0.4 is 10.6 Å². The molecule has 1 fully saturated rings. The number of hydrogen-bond acceptors (Lipinski definition) is 2. The van der Waals surface area contributed by atoms with E-state index in [0.717, 1.165) is 36.8 Å². The molecule has 1 saturated carbocycles. The van der Waals surface area contributed by atoms with Crippen molar-refractivity contribution in [2.75, 3.05) is 26.7 Å². The Labute approximate surface area is 146 Å². The molecule has 1 aromatic rings. The molecule has 0 radical (unpaired) electrons. The molecule has 3 atom stereocenters. The highest BCUT2D eigenvalue weighted by molar-refractivity contribution is 5.79. The Hall–Kier alpha value is -1.55. The van der Waals surface area contributed by atoms with E-state index in [1.54, 1.807) is 18.2 Å². The molecule has 2 N–H and O–H groups in total. The molecule has 0 bridgehead atoms. The molecule has 0 heterocycles. The molecule has 2 aliphatic rings. The van der Waals surface area contributed by atoms with Gasteiger partial charge in [0.15, 0.2) is 5.96 Å². The number of fused-ring (bicyclic) bond motifs is 3. The highest BCUT2D eigenvalue weighted by Crippen LogP contribution is 2.59. The summed E-state index contributed by atoms with van der Waals surface area (Å²) in [6.07, 6.45) is 2.57. The predicted octanol–water partition coefficient (Wildman–Crippen LogP) is 2.94. The molecule has 0 spiro atoms. The van der Waals surface area contributed by atoms with Gasteiger partial charge in [-0.3, -0.25) is 4.99 Å². The van der Waals surface area contributed by atoms with E-state index in [1.165, 1.54) is 12.8 Å². The van der Waals surface area contributed by atoms with Crippen molar-refractivity contribution in [2.24, 2.45) is 16.8 Å². The summed E-state index contributed by atoms with van der Waals surface area (Å²) >= 11 is 0. The lowest BCUT2D eigenvalue weighted by Gasteiger charge is -2.21. The molecule has 3 unspecified atom stereocenters. The zero-order chi connectivity index (χ0) is 17.2. The minimum absolute atomic E-state index is 0.227. The zero-order valence-corrected chi connectivity index (χ0v) is 15.4. The van der Waals surface area contributed by atoms with Crippen LogP contribution in [0.15, 0.2) is 29.3 Å². The van der Waals surface area contributed by atoms with Gasteiger partial charge in [-0.2, -0.15) is 0 Å². The lowest BCUT2D eigenvalue weighted by molar-refractivity contribution is 0.0310. The Morgan fingerprint density at radius 1 is 1.29 bits per heavy atom. The number of benzene rings is 1. The summed E-state index contributed by atoms with van der Waals surface area (Å²) in [5, 5.41) is 6.90. The molecule has 24 heavy (non-hydrogen) atoms. The lowest BCUT2D eigenvalue weighted by atomic mass is 9.92. The first-order chi connectivity index (χ1) is 11.6. The third-order valence-corrected chi connectivity index (χ3v) is 5.51. The van der Waals surface area contributed by atoms with E-state index in [9.17, 15) is 0 Å². The van der Waals surface area contributed by atoms with Crippen LogP contribution in [0.4, 0.5) is 0 Å². The molecule has 1 aromatic carbocycles. The van der Waals surface area contributed by atoms with Gasteiger partial charge in [0.1, 0.15) is 0 Å². The average Bonchev–Trinajstić information content (AvgIpc) is 3.31. The monoisotopic (exact) mass is 329 g/mol. The molecule has 0 aromatic heterocycles. The Morgan fingerprint density at radius 3 is 2.83 bits per heavy atom. The predicted molar refractivity (Wildman–Crippen MR) is 99.6 cm³/mol. The topological polar surface area (TPSA) is 45.7 Å². The van der Waals surface area contributed by atoms with Crippen LogP contribution in [-0.2, 0) is 11.2 Å².